The Bertz CT molecular complexity index is 554. The van der Waals surface area contributed by atoms with Crippen molar-refractivity contribution in [3.63, 3.8) is 0 Å². The van der Waals surface area contributed by atoms with Gasteiger partial charge in [0.2, 0.25) is 15.9 Å². The van der Waals surface area contributed by atoms with Crippen LogP contribution in [-0.4, -0.2) is 43.2 Å². The third-order valence-corrected chi connectivity index (χ3v) is 5.64. The number of rotatable bonds is 6. The van der Waals surface area contributed by atoms with E-state index in [4.69, 9.17) is 4.42 Å². The molecule has 21 heavy (non-hydrogen) atoms. The molecule has 1 aromatic rings. The first-order valence-electron chi connectivity index (χ1n) is 7.49. The van der Waals surface area contributed by atoms with E-state index in [0.717, 1.165) is 37.6 Å². The van der Waals surface area contributed by atoms with Crippen LogP contribution in [0.3, 0.4) is 0 Å². The lowest BCUT2D eigenvalue weighted by Crippen LogP contribution is -2.42. The first-order chi connectivity index (χ1) is 9.87. The Morgan fingerprint density at radius 2 is 2.29 bits per heavy atom. The van der Waals surface area contributed by atoms with E-state index >= 15 is 0 Å². The van der Waals surface area contributed by atoms with Gasteiger partial charge in [-0.05, 0) is 46.1 Å². The molecule has 1 N–H and O–H groups in total. The third kappa shape index (κ3) is 4.79. The molecular formula is C14H25N3O3S. The highest BCUT2D eigenvalue weighted by Gasteiger charge is 2.23. The summed E-state index contributed by atoms with van der Waals surface area (Å²) in [7, 11) is -3.17. The van der Waals surface area contributed by atoms with Crippen LogP contribution in [0, 0.1) is 12.8 Å². The number of hydrogen-bond acceptors (Lipinski definition) is 5. The van der Waals surface area contributed by atoms with E-state index in [9.17, 15) is 8.42 Å². The van der Waals surface area contributed by atoms with Gasteiger partial charge in [0.05, 0.1) is 18.0 Å². The van der Waals surface area contributed by atoms with Crippen LogP contribution in [0.15, 0.2) is 10.6 Å². The summed E-state index contributed by atoms with van der Waals surface area (Å²) < 4.78 is 31.8. The Morgan fingerprint density at radius 1 is 1.52 bits per heavy atom. The topological polar surface area (TPSA) is 75.4 Å². The molecule has 0 radical (unpaired) electrons. The predicted molar refractivity (Wildman–Crippen MR) is 81.3 cm³/mol. The molecule has 0 saturated carbocycles. The van der Waals surface area contributed by atoms with Crippen LogP contribution in [0.4, 0.5) is 0 Å². The molecule has 1 aromatic heterocycles. The molecule has 1 fully saturated rings. The van der Waals surface area contributed by atoms with Crippen molar-refractivity contribution in [2.45, 2.75) is 45.4 Å². The van der Waals surface area contributed by atoms with E-state index in [1.54, 1.807) is 20.0 Å². The molecular weight excluding hydrogens is 290 g/mol. The number of hydrogen-bond donors (Lipinski definition) is 1. The summed E-state index contributed by atoms with van der Waals surface area (Å²) >= 11 is 0. The molecule has 7 heteroatoms. The van der Waals surface area contributed by atoms with Crippen LogP contribution >= 0.6 is 0 Å². The fourth-order valence-corrected chi connectivity index (χ4v) is 3.33. The van der Waals surface area contributed by atoms with Gasteiger partial charge in [0.15, 0.2) is 0 Å². The number of nitrogens with one attached hydrogen (secondary N) is 1. The normalized spacial score (nSPS) is 21.0. The number of aromatic nitrogens is 1. The molecule has 1 saturated heterocycles. The highest BCUT2D eigenvalue weighted by atomic mass is 32.2. The van der Waals surface area contributed by atoms with Crippen molar-refractivity contribution in [2.24, 2.45) is 5.92 Å². The van der Waals surface area contributed by atoms with Gasteiger partial charge >= 0.3 is 0 Å². The third-order valence-electron chi connectivity index (χ3n) is 3.82. The number of nitrogens with zero attached hydrogens (tertiary/aromatic N) is 2. The van der Waals surface area contributed by atoms with Crippen LogP contribution in [0.1, 0.15) is 38.3 Å². The van der Waals surface area contributed by atoms with Gasteiger partial charge in [-0.2, -0.15) is 0 Å². The summed E-state index contributed by atoms with van der Waals surface area (Å²) in [6.07, 6.45) is 3.86. The molecule has 0 aliphatic carbocycles. The van der Waals surface area contributed by atoms with Crippen LogP contribution in [-0.2, 0) is 16.6 Å². The Morgan fingerprint density at radius 3 is 2.90 bits per heavy atom. The molecule has 6 nitrogen and oxygen atoms in total. The van der Waals surface area contributed by atoms with Gasteiger partial charge in [-0.25, -0.2) is 18.1 Å². The van der Waals surface area contributed by atoms with E-state index < -0.39 is 10.0 Å². The van der Waals surface area contributed by atoms with Gasteiger partial charge in [-0.3, -0.25) is 4.90 Å². The zero-order valence-corrected chi connectivity index (χ0v) is 13.8. The maximum atomic E-state index is 11.8. The molecule has 0 bridgehead atoms. The molecule has 0 unspecified atom stereocenters. The first kappa shape index (κ1) is 16.5. The second-order valence-corrected chi connectivity index (χ2v) is 8.37. The van der Waals surface area contributed by atoms with Crippen LogP contribution in [0.5, 0.6) is 0 Å². The van der Waals surface area contributed by atoms with Crippen LogP contribution in [0.25, 0.3) is 0 Å². The Labute approximate surface area is 127 Å². The average Bonchev–Trinajstić information content (AvgIpc) is 2.82. The van der Waals surface area contributed by atoms with Crippen molar-refractivity contribution in [1.82, 2.24) is 14.6 Å². The van der Waals surface area contributed by atoms with E-state index in [1.165, 1.54) is 0 Å². The van der Waals surface area contributed by atoms with E-state index in [1.807, 2.05) is 6.92 Å². The maximum absolute atomic E-state index is 11.8. The number of aryl methyl sites for hydroxylation is 1. The second-order valence-electron chi connectivity index (χ2n) is 6.05. The average molecular weight is 315 g/mol. The number of sulfonamides is 1. The van der Waals surface area contributed by atoms with E-state index in [-0.39, 0.29) is 5.25 Å². The summed E-state index contributed by atoms with van der Waals surface area (Å²) in [4.78, 5) is 6.50. The van der Waals surface area contributed by atoms with Crippen molar-refractivity contribution in [2.75, 3.05) is 19.6 Å². The van der Waals surface area contributed by atoms with Crippen molar-refractivity contribution in [3.05, 3.63) is 17.8 Å². The smallest absolute Gasteiger partial charge is 0.213 e. The summed E-state index contributed by atoms with van der Waals surface area (Å²) in [5.74, 6) is 1.91. The molecule has 2 heterocycles. The van der Waals surface area contributed by atoms with Gasteiger partial charge < -0.3 is 4.42 Å². The predicted octanol–water partition coefficient (Wildman–Crippen LogP) is 1.52. The molecule has 0 aromatic carbocycles. The van der Waals surface area contributed by atoms with Crippen molar-refractivity contribution >= 4 is 10.0 Å². The summed E-state index contributed by atoms with van der Waals surface area (Å²) in [6.45, 7) is 8.37. The monoisotopic (exact) mass is 315 g/mol. The summed E-state index contributed by atoms with van der Waals surface area (Å²) in [5, 5.41) is -0.382. The van der Waals surface area contributed by atoms with Crippen molar-refractivity contribution in [3.8, 4) is 0 Å². The fourth-order valence-electron chi connectivity index (χ4n) is 2.53. The quantitative estimate of drug-likeness (QED) is 0.861. The zero-order valence-electron chi connectivity index (χ0n) is 13.0. The minimum absolute atomic E-state index is 0.350. The lowest BCUT2D eigenvalue weighted by molar-refractivity contribution is 0.155. The van der Waals surface area contributed by atoms with Crippen LogP contribution in [0.2, 0.25) is 0 Å². The Balaban J connectivity index is 1.83. The molecule has 0 amide bonds. The highest BCUT2D eigenvalue weighted by Crippen LogP contribution is 2.18. The molecule has 1 atom stereocenters. The minimum atomic E-state index is -3.17. The summed E-state index contributed by atoms with van der Waals surface area (Å²) in [5.41, 5.74) is 0. The number of likely N-dealkylation sites (tertiary alicyclic amines) is 1. The standard InChI is InChI=1S/C14H25N3O3S/c1-11(2)21(18,19)16-8-13-5-4-6-17(9-13)10-14-15-7-12(3)20-14/h7,11,13,16H,4-6,8-10H2,1-3H3/t13-/m0/s1. The van der Waals surface area contributed by atoms with Gasteiger partial charge in [-0.15, -0.1) is 0 Å². The van der Waals surface area contributed by atoms with Gasteiger partial charge in [0, 0.05) is 13.1 Å². The highest BCUT2D eigenvalue weighted by molar-refractivity contribution is 7.90. The maximum Gasteiger partial charge on any atom is 0.213 e. The van der Waals surface area contributed by atoms with Crippen molar-refractivity contribution < 1.29 is 12.8 Å². The largest absolute Gasteiger partial charge is 0.445 e. The fraction of sp³-hybridized carbons (Fsp3) is 0.786. The Kier molecular flexibility index (Phi) is 5.40. The van der Waals surface area contributed by atoms with E-state index in [2.05, 4.69) is 14.6 Å². The first-order valence-corrected chi connectivity index (χ1v) is 9.03. The lowest BCUT2D eigenvalue weighted by atomic mass is 9.98. The lowest BCUT2D eigenvalue weighted by Gasteiger charge is -2.32. The SMILES string of the molecule is Cc1cnc(CN2CCC[C@@H](CNS(=O)(=O)C(C)C)C2)o1. The van der Waals surface area contributed by atoms with Gasteiger partial charge in [0.25, 0.3) is 0 Å². The summed E-state index contributed by atoms with van der Waals surface area (Å²) in [6, 6.07) is 0. The van der Waals surface area contributed by atoms with Gasteiger partial charge in [0.1, 0.15) is 5.76 Å². The van der Waals surface area contributed by atoms with Gasteiger partial charge in [-0.1, -0.05) is 0 Å². The second kappa shape index (κ2) is 6.89. The molecule has 120 valence electrons. The minimum Gasteiger partial charge on any atom is -0.445 e. The number of piperidine rings is 1. The molecule has 1 aliphatic heterocycles. The van der Waals surface area contributed by atoms with Crippen LogP contribution < -0.4 is 4.72 Å². The number of oxazole rings is 1. The molecule has 0 spiro atoms. The molecule has 1 aliphatic rings. The van der Waals surface area contributed by atoms with Crippen molar-refractivity contribution in [1.29, 1.82) is 0 Å². The zero-order chi connectivity index (χ0) is 15.5. The Hall–Kier alpha value is -0.920. The van der Waals surface area contributed by atoms with E-state index in [0.29, 0.717) is 19.0 Å². The molecule has 2 rings (SSSR count).